The largest absolute Gasteiger partial charge is 0.337 e. The van der Waals surface area contributed by atoms with Crippen molar-refractivity contribution in [2.75, 3.05) is 19.6 Å². The minimum absolute atomic E-state index is 0.0482. The zero-order valence-electron chi connectivity index (χ0n) is 11.5. The Labute approximate surface area is 110 Å². The first-order valence-electron chi connectivity index (χ1n) is 7.01. The fourth-order valence-corrected chi connectivity index (χ4v) is 3.18. The standard InChI is InChI=1S/C14H25N3O/c1-4-11-9-17-6-5-12(11)7-13(17)8-15-14(18)16-10(2)3/h4,10-13H,1,5-9H2,2-3H3,(H2,15,16,18)/t11-,12+,13+/m0/s1. The number of carbonyl (C=O) groups excluding carboxylic acids is 1. The maximum atomic E-state index is 11.6. The van der Waals surface area contributed by atoms with Gasteiger partial charge in [0.25, 0.3) is 0 Å². The van der Waals surface area contributed by atoms with Crippen LogP contribution in [0.4, 0.5) is 4.79 Å². The molecule has 0 spiro atoms. The molecule has 0 aromatic rings. The van der Waals surface area contributed by atoms with Crippen LogP contribution in [0.5, 0.6) is 0 Å². The molecule has 4 atom stereocenters. The second kappa shape index (κ2) is 5.74. The maximum Gasteiger partial charge on any atom is 0.315 e. The molecule has 3 rings (SSSR count). The predicted octanol–water partition coefficient (Wildman–Crippen LogP) is 1.59. The van der Waals surface area contributed by atoms with Gasteiger partial charge in [-0.1, -0.05) is 6.08 Å². The van der Waals surface area contributed by atoms with E-state index >= 15 is 0 Å². The molecule has 102 valence electrons. The molecule has 0 radical (unpaired) electrons. The van der Waals surface area contributed by atoms with Crippen molar-refractivity contribution in [3.8, 4) is 0 Å². The Morgan fingerprint density at radius 3 is 2.89 bits per heavy atom. The summed E-state index contributed by atoms with van der Waals surface area (Å²) in [5, 5.41) is 5.85. The second-order valence-corrected chi connectivity index (χ2v) is 5.84. The highest BCUT2D eigenvalue weighted by Gasteiger charge is 2.38. The van der Waals surface area contributed by atoms with Crippen molar-refractivity contribution in [3.63, 3.8) is 0 Å². The number of nitrogens with zero attached hydrogens (tertiary/aromatic N) is 1. The third-order valence-electron chi connectivity index (χ3n) is 4.15. The van der Waals surface area contributed by atoms with Gasteiger partial charge in [-0.05, 0) is 45.1 Å². The topological polar surface area (TPSA) is 44.4 Å². The molecule has 3 fully saturated rings. The number of nitrogens with one attached hydrogen (secondary N) is 2. The van der Waals surface area contributed by atoms with Crippen LogP contribution in [-0.2, 0) is 0 Å². The third kappa shape index (κ3) is 3.05. The van der Waals surface area contributed by atoms with Crippen molar-refractivity contribution in [2.45, 2.75) is 38.8 Å². The molecule has 0 aromatic carbocycles. The number of amides is 2. The smallest absolute Gasteiger partial charge is 0.315 e. The summed E-state index contributed by atoms with van der Waals surface area (Å²) >= 11 is 0. The average Bonchev–Trinajstić information content (AvgIpc) is 2.36. The number of urea groups is 1. The van der Waals surface area contributed by atoms with Gasteiger partial charge in [0.15, 0.2) is 0 Å². The van der Waals surface area contributed by atoms with Crippen molar-refractivity contribution in [1.29, 1.82) is 0 Å². The van der Waals surface area contributed by atoms with Crippen LogP contribution in [0.1, 0.15) is 26.7 Å². The molecular weight excluding hydrogens is 226 g/mol. The first kappa shape index (κ1) is 13.4. The molecule has 4 nitrogen and oxygen atoms in total. The first-order valence-corrected chi connectivity index (χ1v) is 7.01. The molecule has 4 heteroatoms. The highest BCUT2D eigenvalue weighted by molar-refractivity contribution is 5.74. The van der Waals surface area contributed by atoms with Gasteiger partial charge >= 0.3 is 6.03 Å². The van der Waals surface area contributed by atoms with E-state index in [0.29, 0.717) is 12.0 Å². The third-order valence-corrected chi connectivity index (χ3v) is 4.15. The van der Waals surface area contributed by atoms with Crippen molar-refractivity contribution in [2.24, 2.45) is 11.8 Å². The minimum atomic E-state index is -0.0482. The molecule has 3 saturated heterocycles. The molecule has 3 aliphatic rings. The summed E-state index contributed by atoms with van der Waals surface area (Å²) in [5.74, 6) is 1.42. The normalized spacial score (nSPS) is 34.4. The molecule has 1 unspecified atom stereocenters. The van der Waals surface area contributed by atoms with Gasteiger partial charge in [0.2, 0.25) is 0 Å². The van der Waals surface area contributed by atoms with E-state index < -0.39 is 0 Å². The van der Waals surface area contributed by atoms with Crippen LogP contribution in [-0.4, -0.2) is 42.6 Å². The predicted molar refractivity (Wildman–Crippen MR) is 73.4 cm³/mol. The lowest BCUT2D eigenvalue weighted by molar-refractivity contribution is 0.0207. The van der Waals surface area contributed by atoms with Crippen LogP contribution in [0.2, 0.25) is 0 Å². The van der Waals surface area contributed by atoms with E-state index in [1.807, 2.05) is 13.8 Å². The lowest BCUT2D eigenvalue weighted by Crippen LogP contribution is -2.57. The highest BCUT2D eigenvalue weighted by Crippen LogP contribution is 2.36. The van der Waals surface area contributed by atoms with Crippen LogP contribution in [0, 0.1) is 11.8 Å². The first-order chi connectivity index (χ1) is 8.60. The molecule has 3 aliphatic heterocycles. The van der Waals surface area contributed by atoms with Gasteiger partial charge in [0.05, 0.1) is 0 Å². The summed E-state index contributed by atoms with van der Waals surface area (Å²) in [6.45, 7) is 10.9. The summed E-state index contributed by atoms with van der Waals surface area (Å²) in [6.07, 6.45) is 4.58. The Morgan fingerprint density at radius 2 is 2.33 bits per heavy atom. The summed E-state index contributed by atoms with van der Waals surface area (Å²) in [4.78, 5) is 14.1. The quantitative estimate of drug-likeness (QED) is 0.745. The number of fused-ring (bicyclic) bond motifs is 3. The fourth-order valence-electron chi connectivity index (χ4n) is 3.18. The van der Waals surface area contributed by atoms with Crippen LogP contribution in [0.15, 0.2) is 12.7 Å². The molecule has 2 amide bonds. The van der Waals surface area contributed by atoms with Gasteiger partial charge < -0.3 is 10.6 Å². The van der Waals surface area contributed by atoms with E-state index in [1.54, 1.807) is 0 Å². The Morgan fingerprint density at radius 1 is 1.56 bits per heavy atom. The van der Waals surface area contributed by atoms with Crippen LogP contribution in [0.3, 0.4) is 0 Å². The Kier molecular flexibility index (Phi) is 4.27. The van der Waals surface area contributed by atoms with E-state index in [1.165, 1.54) is 19.4 Å². The molecule has 0 saturated carbocycles. The van der Waals surface area contributed by atoms with E-state index in [0.717, 1.165) is 19.0 Å². The Bertz CT molecular complexity index is 316. The number of carbonyl (C=O) groups is 1. The summed E-state index contributed by atoms with van der Waals surface area (Å²) < 4.78 is 0. The van der Waals surface area contributed by atoms with E-state index in [-0.39, 0.29) is 12.1 Å². The number of hydrogen-bond acceptors (Lipinski definition) is 2. The molecule has 3 heterocycles. The lowest BCUT2D eigenvalue weighted by Gasteiger charge is -2.49. The van der Waals surface area contributed by atoms with Gasteiger partial charge in [-0.3, -0.25) is 4.90 Å². The Balaban J connectivity index is 1.78. The van der Waals surface area contributed by atoms with E-state index in [9.17, 15) is 4.79 Å². The highest BCUT2D eigenvalue weighted by atomic mass is 16.2. The molecule has 2 bridgehead atoms. The fraction of sp³-hybridized carbons (Fsp3) is 0.786. The molecule has 0 aromatic heterocycles. The SMILES string of the molecule is C=C[C@H]1CN2CC[C@@H]1C[C@@H]2CNC(=O)NC(C)C. The van der Waals surface area contributed by atoms with Gasteiger partial charge in [-0.25, -0.2) is 4.79 Å². The van der Waals surface area contributed by atoms with Crippen LogP contribution in [0.25, 0.3) is 0 Å². The van der Waals surface area contributed by atoms with Gasteiger partial charge in [-0.2, -0.15) is 0 Å². The zero-order chi connectivity index (χ0) is 13.1. The van der Waals surface area contributed by atoms with Crippen molar-refractivity contribution in [1.82, 2.24) is 15.5 Å². The van der Waals surface area contributed by atoms with Crippen molar-refractivity contribution < 1.29 is 4.79 Å². The molecular formula is C14H25N3O. The number of rotatable bonds is 4. The lowest BCUT2D eigenvalue weighted by atomic mass is 9.75. The Hall–Kier alpha value is -1.03. The van der Waals surface area contributed by atoms with Crippen LogP contribution < -0.4 is 10.6 Å². The number of hydrogen-bond donors (Lipinski definition) is 2. The van der Waals surface area contributed by atoms with Gasteiger partial charge in [0, 0.05) is 25.2 Å². The van der Waals surface area contributed by atoms with Crippen molar-refractivity contribution >= 4 is 6.03 Å². The second-order valence-electron chi connectivity index (χ2n) is 5.84. The maximum absolute atomic E-state index is 11.6. The molecule has 18 heavy (non-hydrogen) atoms. The molecule has 0 aliphatic carbocycles. The van der Waals surface area contributed by atoms with Gasteiger partial charge in [0.1, 0.15) is 0 Å². The average molecular weight is 251 g/mol. The van der Waals surface area contributed by atoms with Crippen molar-refractivity contribution in [3.05, 3.63) is 12.7 Å². The summed E-state index contributed by atoms with van der Waals surface area (Å²) in [6, 6.07) is 0.657. The molecule has 2 N–H and O–H groups in total. The van der Waals surface area contributed by atoms with Gasteiger partial charge in [-0.15, -0.1) is 6.58 Å². The van der Waals surface area contributed by atoms with E-state index in [4.69, 9.17) is 0 Å². The van der Waals surface area contributed by atoms with Crippen LogP contribution >= 0.6 is 0 Å². The summed E-state index contributed by atoms with van der Waals surface area (Å²) in [7, 11) is 0. The summed E-state index contributed by atoms with van der Waals surface area (Å²) in [5.41, 5.74) is 0. The minimum Gasteiger partial charge on any atom is -0.337 e. The zero-order valence-corrected chi connectivity index (χ0v) is 11.5. The monoisotopic (exact) mass is 251 g/mol. The number of piperidine rings is 3. The van der Waals surface area contributed by atoms with E-state index in [2.05, 4.69) is 28.2 Å².